The van der Waals surface area contributed by atoms with E-state index in [1.807, 2.05) is 93.6 Å². The third-order valence-electron chi connectivity index (χ3n) is 6.23. The van der Waals surface area contributed by atoms with Crippen LogP contribution in [-0.4, -0.2) is 27.7 Å². The number of aromatic nitrogens is 2. The molecule has 2 heterocycles. The number of carbonyl (C=O) groups excluding carboxylic acids is 1. The van der Waals surface area contributed by atoms with Crippen LogP contribution in [0.3, 0.4) is 0 Å². The van der Waals surface area contributed by atoms with Gasteiger partial charge in [0, 0.05) is 11.3 Å². The number of carbonyl (C=O) groups is 1. The lowest BCUT2D eigenvalue weighted by atomic mass is 9.94. The van der Waals surface area contributed by atoms with Crippen molar-refractivity contribution in [1.82, 2.24) is 20.4 Å². The van der Waals surface area contributed by atoms with Gasteiger partial charge in [-0.25, -0.2) is 4.79 Å². The zero-order valence-electron chi connectivity index (χ0n) is 20.6. The maximum absolute atomic E-state index is 13.3. The van der Waals surface area contributed by atoms with Gasteiger partial charge in [0.15, 0.2) is 0 Å². The predicted molar refractivity (Wildman–Crippen MR) is 138 cm³/mol. The summed E-state index contributed by atoms with van der Waals surface area (Å²) >= 11 is 0. The van der Waals surface area contributed by atoms with Crippen LogP contribution in [0.5, 0.6) is 5.75 Å². The highest BCUT2D eigenvalue weighted by Crippen LogP contribution is 2.38. The van der Waals surface area contributed by atoms with Crippen LogP contribution in [0.4, 0.5) is 4.79 Å². The average molecular weight is 481 g/mol. The number of hydrogen-bond acceptors (Lipinski definition) is 5. The molecule has 1 aromatic heterocycles. The first-order valence-electron chi connectivity index (χ1n) is 12.0. The molecule has 0 spiro atoms. The van der Waals surface area contributed by atoms with E-state index >= 15 is 0 Å². The molecule has 0 bridgehead atoms. The molecule has 182 valence electrons. The van der Waals surface area contributed by atoms with Gasteiger partial charge in [-0.15, -0.1) is 0 Å². The van der Waals surface area contributed by atoms with E-state index in [0.717, 1.165) is 39.3 Å². The standard InChI is InChI=1S/C29H28N4O3/c1-4-35-24-15-13-23(14-16-24)27-31-28(36-32-27)25-20(3)33(18-21-10-8-9-19(2)17-21)29(34)30-26(25)22-11-6-5-7-12-22/h5-17,26H,4,18H2,1-3H3,(H,30,34). The van der Waals surface area contributed by atoms with Gasteiger partial charge in [0.2, 0.25) is 5.82 Å². The van der Waals surface area contributed by atoms with Gasteiger partial charge >= 0.3 is 6.03 Å². The third kappa shape index (κ3) is 4.73. The lowest BCUT2D eigenvalue weighted by molar-refractivity contribution is 0.203. The molecule has 1 unspecified atom stereocenters. The first-order chi connectivity index (χ1) is 17.5. The Hall–Kier alpha value is -4.39. The minimum Gasteiger partial charge on any atom is -0.494 e. The second kappa shape index (κ2) is 10.1. The minimum absolute atomic E-state index is 0.169. The summed E-state index contributed by atoms with van der Waals surface area (Å²) < 4.78 is 11.3. The van der Waals surface area contributed by atoms with E-state index in [-0.39, 0.29) is 6.03 Å². The Morgan fingerprint density at radius 3 is 2.50 bits per heavy atom. The summed E-state index contributed by atoms with van der Waals surface area (Å²) in [6.45, 7) is 6.96. The number of ether oxygens (including phenoxy) is 1. The van der Waals surface area contributed by atoms with E-state index < -0.39 is 6.04 Å². The summed E-state index contributed by atoms with van der Waals surface area (Å²) in [5.41, 5.74) is 5.50. The molecule has 1 atom stereocenters. The van der Waals surface area contributed by atoms with Crippen molar-refractivity contribution in [3.05, 3.63) is 107 Å². The number of hydrogen-bond donors (Lipinski definition) is 1. The second-order valence-corrected chi connectivity index (χ2v) is 8.75. The maximum atomic E-state index is 13.3. The summed E-state index contributed by atoms with van der Waals surface area (Å²) in [5, 5.41) is 7.40. The van der Waals surface area contributed by atoms with Crippen LogP contribution < -0.4 is 10.1 Å². The number of urea groups is 1. The number of nitrogens with one attached hydrogen (secondary N) is 1. The zero-order valence-corrected chi connectivity index (χ0v) is 20.6. The summed E-state index contributed by atoms with van der Waals surface area (Å²) in [6, 6.07) is 25.0. The van der Waals surface area contributed by atoms with E-state index in [2.05, 4.69) is 16.5 Å². The summed E-state index contributed by atoms with van der Waals surface area (Å²) in [7, 11) is 0. The topological polar surface area (TPSA) is 80.5 Å². The molecule has 0 radical (unpaired) electrons. The quantitative estimate of drug-likeness (QED) is 0.344. The van der Waals surface area contributed by atoms with Gasteiger partial charge in [0.1, 0.15) is 5.75 Å². The Morgan fingerprint density at radius 1 is 1.00 bits per heavy atom. The van der Waals surface area contributed by atoms with Gasteiger partial charge in [0.25, 0.3) is 5.89 Å². The van der Waals surface area contributed by atoms with Crippen LogP contribution in [0.25, 0.3) is 17.0 Å². The molecule has 1 aliphatic heterocycles. The number of aryl methyl sites for hydroxylation is 1. The van der Waals surface area contributed by atoms with Crippen LogP contribution in [-0.2, 0) is 6.54 Å². The van der Waals surface area contributed by atoms with Crippen LogP contribution in [0.15, 0.2) is 89.1 Å². The monoisotopic (exact) mass is 480 g/mol. The van der Waals surface area contributed by atoms with E-state index in [9.17, 15) is 4.79 Å². The Kier molecular flexibility index (Phi) is 6.54. The normalized spacial score (nSPS) is 15.7. The van der Waals surface area contributed by atoms with Crippen molar-refractivity contribution >= 4 is 11.6 Å². The Bertz CT molecular complexity index is 1390. The smallest absolute Gasteiger partial charge is 0.322 e. The lowest BCUT2D eigenvalue weighted by Gasteiger charge is -2.35. The van der Waals surface area contributed by atoms with Crippen LogP contribution in [0.2, 0.25) is 0 Å². The summed E-state index contributed by atoms with van der Waals surface area (Å²) in [5.74, 6) is 1.64. The van der Waals surface area contributed by atoms with Crippen molar-refractivity contribution < 1.29 is 14.1 Å². The van der Waals surface area contributed by atoms with Gasteiger partial charge in [-0.05, 0) is 56.2 Å². The third-order valence-corrected chi connectivity index (χ3v) is 6.23. The van der Waals surface area contributed by atoms with E-state index in [1.54, 1.807) is 4.90 Å². The number of rotatable bonds is 7. The summed E-state index contributed by atoms with van der Waals surface area (Å²) in [6.07, 6.45) is 0. The number of benzene rings is 3. The molecule has 5 rings (SSSR count). The second-order valence-electron chi connectivity index (χ2n) is 8.75. The van der Waals surface area contributed by atoms with Gasteiger partial charge in [-0.3, -0.25) is 4.90 Å². The van der Waals surface area contributed by atoms with E-state index in [1.165, 1.54) is 0 Å². The Balaban J connectivity index is 1.55. The molecule has 0 aliphatic carbocycles. The van der Waals surface area contributed by atoms with Crippen molar-refractivity contribution in [2.45, 2.75) is 33.4 Å². The molecule has 1 N–H and O–H groups in total. The van der Waals surface area contributed by atoms with Gasteiger partial charge in [-0.1, -0.05) is 65.3 Å². The average Bonchev–Trinajstić information content (AvgIpc) is 3.37. The van der Waals surface area contributed by atoms with Crippen molar-refractivity contribution in [3.63, 3.8) is 0 Å². The fraction of sp³-hybridized carbons (Fsp3) is 0.207. The molecule has 7 nitrogen and oxygen atoms in total. The van der Waals surface area contributed by atoms with E-state index in [0.29, 0.717) is 24.9 Å². The first-order valence-corrected chi connectivity index (χ1v) is 12.0. The van der Waals surface area contributed by atoms with Gasteiger partial charge in [0.05, 0.1) is 24.8 Å². The van der Waals surface area contributed by atoms with Crippen LogP contribution in [0, 0.1) is 6.92 Å². The van der Waals surface area contributed by atoms with Crippen LogP contribution >= 0.6 is 0 Å². The lowest BCUT2D eigenvalue weighted by Crippen LogP contribution is -2.45. The van der Waals surface area contributed by atoms with Crippen LogP contribution in [0.1, 0.15) is 42.5 Å². The molecule has 36 heavy (non-hydrogen) atoms. The highest BCUT2D eigenvalue weighted by molar-refractivity contribution is 5.86. The van der Waals surface area contributed by atoms with Crippen molar-refractivity contribution in [2.24, 2.45) is 0 Å². The fourth-order valence-corrected chi connectivity index (χ4v) is 4.45. The van der Waals surface area contributed by atoms with Crippen molar-refractivity contribution in [1.29, 1.82) is 0 Å². The Morgan fingerprint density at radius 2 is 1.78 bits per heavy atom. The van der Waals surface area contributed by atoms with Crippen molar-refractivity contribution in [3.8, 4) is 17.1 Å². The zero-order chi connectivity index (χ0) is 25.1. The molecular weight excluding hydrogens is 452 g/mol. The molecular formula is C29H28N4O3. The summed E-state index contributed by atoms with van der Waals surface area (Å²) in [4.78, 5) is 19.7. The first kappa shape index (κ1) is 23.4. The molecule has 3 aromatic carbocycles. The maximum Gasteiger partial charge on any atom is 0.322 e. The molecule has 0 fully saturated rings. The highest BCUT2D eigenvalue weighted by Gasteiger charge is 2.35. The molecule has 2 amide bonds. The molecule has 1 aliphatic rings. The van der Waals surface area contributed by atoms with Crippen molar-refractivity contribution in [2.75, 3.05) is 6.61 Å². The predicted octanol–water partition coefficient (Wildman–Crippen LogP) is 6.14. The molecule has 4 aromatic rings. The fourth-order valence-electron chi connectivity index (χ4n) is 4.45. The number of amides is 2. The Labute approximate surface area is 210 Å². The minimum atomic E-state index is -0.416. The highest BCUT2D eigenvalue weighted by atomic mass is 16.5. The number of nitrogens with zero attached hydrogens (tertiary/aromatic N) is 3. The molecule has 0 saturated heterocycles. The SMILES string of the molecule is CCOc1ccc(-c2noc(C3=C(C)N(Cc4cccc(C)c4)C(=O)NC3c3ccccc3)n2)cc1. The molecule has 7 heteroatoms. The molecule has 0 saturated carbocycles. The number of allylic oxidation sites excluding steroid dienone is 1. The van der Waals surface area contributed by atoms with Gasteiger partial charge < -0.3 is 14.6 Å². The largest absolute Gasteiger partial charge is 0.494 e. The van der Waals surface area contributed by atoms with E-state index in [4.69, 9.17) is 14.2 Å². The van der Waals surface area contributed by atoms with Gasteiger partial charge in [-0.2, -0.15) is 4.98 Å².